The van der Waals surface area contributed by atoms with Gasteiger partial charge in [0.2, 0.25) is 0 Å². The predicted octanol–water partition coefficient (Wildman–Crippen LogP) is 4.02. The Morgan fingerprint density at radius 2 is 1.81 bits per heavy atom. The van der Waals surface area contributed by atoms with Gasteiger partial charge in [0.1, 0.15) is 0 Å². The lowest BCUT2D eigenvalue weighted by molar-refractivity contribution is 0.261. The zero-order valence-corrected chi connectivity index (χ0v) is 10.1. The molecule has 0 aromatic heterocycles. The number of hydrogen-bond donors (Lipinski definition) is 1. The second-order valence-electron chi connectivity index (χ2n) is 5.59. The summed E-state index contributed by atoms with van der Waals surface area (Å²) in [5, 5.41) is 3.56. The molecule has 0 amide bonds. The molecule has 1 nitrogen and oxygen atoms in total. The first kappa shape index (κ1) is 10.2. The van der Waals surface area contributed by atoms with Crippen LogP contribution in [0.25, 0.3) is 0 Å². The monoisotopic (exact) mass is 215 g/mol. The molecule has 0 spiro atoms. The van der Waals surface area contributed by atoms with Crippen LogP contribution in [0.4, 0.5) is 5.69 Å². The van der Waals surface area contributed by atoms with Gasteiger partial charge in [0, 0.05) is 18.2 Å². The Morgan fingerprint density at radius 1 is 1.06 bits per heavy atom. The van der Waals surface area contributed by atoms with Crippen molar-refractivity contribution in [2.24, 2.45) is 11.8 Å². The highest BCUT2D eigenvalue weighted by Crippen LogP contribution is 2.43. The van der Waals surface area contributed by atoms with Crippen LogP contribution in [0.15, 0.2) is 24.3 Å². The largest absolute Gasteiger partial charge is 0.384 e. The molecule has 86 valence electrons. The molecule has 3 rings (SSSR count). The number of anilines is 1. The lowest BCUT2D eigenvalue weighted by Crippen LogP contribution is -2.20. The van der Waals surface area contributed by atoms with Crippen molar-refractivity contribution in [3.63, 3.8) is 0 Å². The topological polar surface area (TPSA) is 12.0 Å². The van der Waals surface area contributed by atoms with Crippen molar-refractivity contribution >= 4 is 5.69 Å². The average Bonchev–Trinajstić information content (AvgIpc) is 2.74. The van der Waals surface area contributed by atoms with Gasteiger partial charge in [0.05, 0.1) is 0 Å². The van der Waals surface area contributed by atoms with Gasteiger partial charge in [-0.1, -0.05) is 38.0 Å². The van der Waals surface area contributed by atoms with Gasteiger partial charge in [-0.15, -0.1) is 0 Å². The van der Waals surface area contributed by atoms with Crippen molar-refractivity contribution in [2.75, 3.05) is 11.9 Å². The number of rotatable bonds is 1. The smallest absolute Gasteiger partial charge is 0.0376 e. The summed E-state index contributed by atoms with van der Waals surface area (Å²) in [5.41, 5.74) is 2.95. The lowest BCUT2D eigenvalue weighted by atomic mass is 9.75. The van der Waals surface area contributed by atoms with E-state index in [0.29, 0.717) is 0 Å². The molecule has 1 aliphatic heterocycles. The summed E-state index contributed by atoms with van der Waals surface area (Å²) in [5.74, 6) is 2.66. The molecule has 1 aliphatic carbocycles. The molecule has 1 aromatic rings. The Hall–Kier alpha value is -0.980. The molecule has 1 aromatic carbocycles. The molecule has 1 N–H and O–H groups in total. The van der Waals surface area contributed by atoms with Crippen molar-refractivity contribution in [3.8, 4) is 0 Å². The van der Waals surface area contributed by atoms with Gasteiger partial charge >= 0.3 is 0 Å². The van der Waals surface area contributed by atoms with E-state index < -0.39 is 0 Å². The first-order valence-electron chi connectivity index (χ1n) is 6.67. The fourth-order valence-corrected chi connectivity index (χ4v) is 3.42. The fourth-order valence-electron chi connectivity index (χ4n) is 3.42. The van der Waals surface area contributed by atoms with Crippen LogP contribution >= 0.6 is 0 Å². The van der Waals surface area contributed by atoms with Crippen LogP contribution in [-0.4, -0.2) is 6.54 Å². The zero-order valence-electron chi connectivity index (χ0n) is 10.1. The Morgan fingerprint density at radius 3 is 2.62 bits per heavy atom. The number of fused-ring (bicyclic) bond motifs is 1. The minimum Gasteiger partial charge on any atom is -0.384 e. The lowest BCUT2D eigenvalue weighted by Gasteiger charge is -2.30. The summed E-state index contributed by atoms with van der Waals surface area (Å²) in [6.45, 7) is 3.56. The second-order valence-corrected chi connectivity index (χ2v) is 5.59. The maximum atomic E-state index is 3.56. The SMILES string of the molecule is CC1CCC(C2CNc3ccccc32)CC1. The van der Waals surface area contributed by atoms with Crippen LogP contribution in [0.3, 0.4) is 0 Å². The van der Waals surface area contributed by atoms with Crippen LogP contribution < -0.4 is 5.32 Å². The molecule has 16 heavy (non-hydrogen) atoms. The first-order chi connectivity index (χ1) is 7.84. The second kappa shape index (κ2) is 4.12. The van der Waals surface area contributed by atoms with Crippen molar-refractivity contribution in [1.82, 2.24) is 0 Å². The fraction of sp³-hybridized carbons (Fsp3) is 0.600. The molecule has 0 bridgehead atoms. The van der Waals surface area contributed by atoms with E-state index in [2.05, 4.69) is 36.5 Å². The van der Waals surface area contributed by atoms with Crippen LogP contribution in [0.1, 0.15) is 44.1 Å². The summed E-state index contributed by atoms with van der Waals surface area (Å²) in [6, 6.07) is 8.86. The third kappa shape index (κ3) is 1.73. The quantitative estimate of drug-likeness (QED) is 0.746. The molecule has 1 heteroatoms. The number of para-hydroxylation sites is 1. The molecule has 0 saturated heterocycles. The molecule has 0 radical (unpaired) electrons. The average molecular weight is 215 g/mol. The Bertz CT molecular complexity index is 363. The molecular weight excluding hydrogens is 194 g/mol. The minimum absolute atomic E-state index is 0.781. The normalized spacial score (nSPS) is 33.2. The van der Waals surface area contributed by atoms with Crippen molar-refractivity contribution in [3.05, 3.63) is 29.8 Å². The van der Waals surface area contributed by atoms with Gasteiger partial charge in [-0.25, -0.2) is 0 Å². The highest BCUT2D eigenvalue weighted by atomic mass is 14.9. The standard InChI is InChI=1S/C15H21N/c1-11-6-8-12(9-7-11)14-10-16-15-5-3-2-4-13(14)15/h2-5,11-12,14,16H,6-10H2,1H3. The number of nitrogens with one attached hydrogen (secondary N) is 1. The summed E-state index contributed by atoms with van der Waals surface area (Å²) < 4.78 is 0. The summed E-state index contributed by atoms with van der Waals surface area (Å²) in [7, 11) is 0. The van der Waals surface area contributed by atoms with Gasteiger partial charge in [-0.05, 0) is 36.3 Å². The first-order valence-corrected chi connectivity index (χ1v) is 6.67. The van der Waals surface area contributed by atoms with E-state index >= 15 is 0 Å². The summed E-state index contributed by atoms with van der Waals surface area (Å²) in [4.78, 5) is 0. The zero-order chi connectivity index (χ0) is 11.0. The van der Waals surface area contributed by atoms with E-state index in [9.17, 15) is 0 Å². The van der Waals surface area contributed by atoms with Crippen LogP contribution in [0.2, 0.25) is 0 Å². The minimum atomic E-state index is 0.781. The molecule has 1 unspecified atom stereocenters. The summed E-state index contributed by atoms with van der Waals surface area (Å²) >= 11 is 0. The van der Waals surface area contributed by atoms with Crippen LogP contribution in [0.5, 0.6) is 0 Å². The molecule has 1 saturated carbocycles. The Balaban J connectivity index is 1.77. The van der Waals surface area contributed by atoms with E-state index in [1.807, 2.05) is 0 Å². The Kier molecular flexibility index (Phi) is 2.62. The van der Waals surface area contributed by atoms with E-state index in [-0.39, 0.29) is 0 Å². The van der Waals surface area contributed by atoms with Gasteiger partial charge in [0.25, 0.3) is 0 Å². The maximum absolute atomic E-state index is 3.56. The van der Waals surface area contributed by atoms with E-state index in [4.69, 9.17) is 0 Å². The third-order valence-corrected chi connectivity index (χ3v) is 4.50. The maximum Gasteiger partial charge on any atom is 0.0376 e. The Labute approximate surface area is 98.3 Å². The van der Waals surface area contributed by atoms with E-state index in [1.165, 1.54) is 37.9 Å². The van der Waals surface area contributed by atoms with Crippen LogP contribution in [-0.2, 0) is 0 Å². The third-order valence-electron chi connectivity index (χ3n) is 4.50. The van der Waals surface area contributed by atoms with Gasteiger partial charge in [0.15, 0.2) is 0 Å². The van der Waals surface area contributed by atoms with Gasteiger partial charge in [-0.2, -0.15) is 0 Å². The predicted molar refractivity (Wildman–Crippen MR) is 68.8 cm³/mol. The number of benzene rings is 1. The highest BCUT2D eigenvalue weighted by molar-refractivity contribution is 5.57. The molecule has 1 fully saturated rings. The van der Waals surface area contributed by atoms with Gasteiger partial charge < -0.3 is 5.32 Å². The van der Waals surface area contributed by atoms with Crippen molar-refractivity contribution in [1.29, 1.82) is 0 Å². The molecule has 1 heterocycles. The van der Waals surface area contributed by atoms with Crippen LogP contribution in [0, 0.1) is 11.8 Å². The van der Waals surface area contributed by atoms with E-state index in [0.717, 1.165) is 17.8 Å². The molecular formula is C15H21N. The van der Waals surface area contributed by atoms with Crippen molar-refractivity contribution < 1.29 is 0 Å². The highest BCUT2D eigenvalue weighted by Gasteiger charge is 2.31. The summed E-state index contributed by atoms with van der Waals surface area (Å²) in [6.07, 6.45) is 5.73. The van der Waals surface area contributed by atoms with Crippen molar-refractivity contribution in [2.45, 2.75) is 38.5 Å². The molecule has 1 atom stereocenters. The number of hydrogen-bond acceptors (Lipinski definition) is 1. The molecule has 2 aliphatic rings. The van der Waals surface area contributed by atoms with Gasteiger partial charge in [-0.3, -0.25) is 0 Å². The van der Waals surface area contributed by atoms with E-state index in [1.54, 1.807) is 5.56 Å².